The molecule has 11 nitrogen and oxygen atoms in total. The first-order chi connectivity index (χ1) is 20.3. The molecule has 0 spiro atoms. The number of fused-ring (bicyclic) bond motifs is 2. The Labute approximate surface area is 250 Å². The van der Waals surface area contributed by atoms with E-state index in [1.54, 1.807) is 23.5 Å². The minimum Gasteiger partial charge on any atom is -0.493 e. The van der Waals surface area contributed by atoms with E-state index in [0.29, 0.717) is 64.5 Å². The third-order valence-corrected chi connectivity index (χ3v) is 9.99. The van der Waals surface area contributed by atoms with E-state index >= 15 is 0 Å². The van der Waals surface area contributed by atoms with Gasteiger partial charge in [-0.25, -0.2) is 18.4 Å². The van der Waals surface area contributed by atoms with Gasteiger partial charge in [0.05, 0.1) is 65.4 Å². The molecule has 1 aliphatic heterocycles. The molecule has 0 radical (unpaired) electrons. The quantitative estimate of drug-likeness (QED) is 0.268. The number of aromatic nitrogens is 2. The summed E-state index contributed by atoms with van der Waals surface area (Å²) >= 11 is 2.86. The zero-order valence-corrected chi connectivity index (χ0v) is 25.5. The van der Waals surface area contributed by atoms with E-state index in [9.17, 15) is 13.2 Å². The van der Waals surface area contributed by atoms with Gasteiger partial charge >= 0.3 is 0 Å². The van der Waals surface area contributed by atoms with Crippen LogP contribution in [0.25, 0.3) is 20.4 Å². The first-order valence-electron chi connectivity index (χ1n) is 12.7. The first kappa shape index (κ1) is 29.7. The lowest BCUT2D eigenvalue weighted by atomic mass is 10.1. The van der Waals surface area contributed by atoms with Crippen LogP contribution in [-0.2, 0) is 14.8 Å². The normalized spacial score (nSPS) is 13.8. The van der Waals surface area contributed by atoms with Gasteiger partial charge in [-0.15, -0.1) is 11.3 Å². The highest BCUT2D eigenvalue weighted by molar-refractivity contribution is 7.89. The highest BCUT2D eigenvalue weighted by Crippen LogP contribution is 2.38. The molecule has 14 heteroatoms. The molecule has 1 aliphatic rings. The number of nitrogens with zero attached hydrogens (tertiary/aromatic N) is 3. The van der Waals surface area contributed by atoms with Gasteiger partial charge in [0, 0.05) is 18.7 Å². The number of rotatable bonds is 7. The van der Waals surface area contributed by atoms with Crippen LogP contribution in [-0.4, -0.2) is 76.2 Å². The number of nitrogens with one attached hydrogen (secondary N) is 1. The average molecular weight is 629 g/mol. The van der Waals surface area contributed by atoms with Crippen LogP contribution in [0, 0.1) is 0 Å². The van der Waals surface area contributed by atoms with E-state index in [2.05, 4.69) is 21.4 Å². The molecule has 0 aliphatic carbocycles. The maximum atomic E-state index is 12.9. The molecule has 3 aromatic carbocycles. The van der Waals surface area contributed by atoms with Gasteiger partial charge in [-0.1, -0.05) is 23.5 Å². The van der Waals surface area contributed by atoms with Crippen LogP contribution >= 0.6 is 22.7 Å². The Bertz CT molecular complexity index is 1760. The number of thiazole rings is 2. The van der Waals surface area contributed by atoms with E-state index in [4.69, 9.17) is 18.9 Å². The molecular formula is C28H28N4O7S3. The number of benzene rings is 3. The van der Waals surface area contributed by atoms with Crippen molar-refractivity contribution in [3.8, 4) is 17.2 Å². The smallest absolute Gasteiger partial charge is 0.257 e. The van der Waals surface area contributed by atoms with Crippen LogP contribution in [0.4, 0.5) is 5.13 Å². The predicted octanol–water partition coefficient (Wildman–Crippen LogP) is 4.89. The fourth-order valence-electron chi connectivity index (χ4n) is 4.24. The standard InChI is InChI=1S/C21H23N3O7S2.C7H5NS/c1-28-16-10-13(11-17(29-2)19(16)30-3)20(25)23-21-22-15-5-4-14(12-18(15)32-21)33(26,27)24-6-8-31-9-7-24;1-2-4-7-6(3-1)8-5-9-7/h4-5,10-12H,6-9H2,1-3H3,(H,22,23,25);1-5H. The second kappa shape index (κ2) is 13.0. The fourth-order valence-corrected chi connectivity index (χ4v) is 7.33. The van der Waals surface area contributed by atoms with E-state index in [1.807, 2.05) is 23.7 Å². The number of morpholine rings is 1. The summed E-state index contributed by atoms with van der Waals surface area (Å²) < 4.78 is 50.3. The summed E-state index contributed by atoms with van der Waals surface area (Å²) in [6, 6.07) is 15.9. The number of sulfonamides is 1. The number of methoxy groups -OCH3 is 3. The Morgan fingerprint density at radius 1 is 0.929 bits per heavy atom. The molecule has 220 valence electrons. The van der Waals surface area contributed by atoms with Gasteiger partial charge in [0.25, 0.3) is 5.91 Å². The molecule has 3 heterocycles. The van der Waals surface area contributed by atoms with Crippen LogP contribution < -0.4 is 19.5 Å². The van der Waals surface area contributed by atoms with Gasteiger partial charge in [0.2, 0.25) is 15.8 Å². The fraction of sp³-hybridized carbons (Fsp3) is 0.250. The zero-order chi connectivity index (χ0) is 29.7. The van der Waals surface area contributed by atoms with Gasteiger partial charge in [-0.2, -0.15) is 4.31 Å². The van der Waals surface area contributed by atoms with Gasteiger partial charge in [-0.3, -0.25) is 10.1 Å². The van der Waals surface area contributed by atoms with Crippen molar-refractivity contribution in [2.75, 3.05) is 52.9 Å². The molecule has 2 aromatic heterocycles. The highest BCUT2D eigenvalue weighted by Gasteiger charge is 2.27. The minimum absolute atomic E-state index is 0.183. The largest absolute Gasteiger partial charge is 0.493 e. The molecule has 5 aromatic rings. The summed E-state index contributed by atoms with van der Waals surface area (Å²) in [7, 11) is 0.788. The summed E-state index contributed by atoms with van der Waals surface area (Å²) in [6.07, 6.45) is 0. The highest BCUT2D eigenvalue weighted by atomic mass is 32.2. The maximum absolute atomic E-state index is 12.9. The second-order valence-electron chi connectivity index (χ2n) is 8.85. The lowest BCUT2D eigenvalue weighted by Crippen LogP contribution is -2.40. The van der Waals surface area contributed by atoms with Crippen molar-refractivity contribution in [2.45, 2.75) is 4.90 Å². The topological polar surface area (TPSA) is 129 Å². The SMILES string of the molecule is COc1cc(C(=O)Nc2nc3ccc(S(=O)(=O)N4CCOCC4)cc3s2)cc(OC)c1OC.c1ccc2scnc2c1. The lowest BCUT2D eigenvalue weighted by Gasteiger charge is -2.25. The number of carbonyl (C=O) groups is 1. The molecule has 1 fully saturated rings. The third kappa shape index (κ3) is 6.32. The zero-order valence-electron chi connectivity index (χ0n) is 23.0. The van der Waals surface area contributed by atoms with E-state index in [0.717, 1.165) is 5.52 Å². The Morgan fingerprint density at radius 2 is 1.64 bits per heavy atom. The Hall–Kier alpha value is -3.82. The summed E-state index contributed by atoms with van der Waals surface area (Å²) in [5.74, 6) is 0.661. The molecular weight excluding hydrogens is 601 g/mol. The Balaban J connectivity index is 0.000000330. The molecule has 1 N–H and O–H groups in total. The van der Waals surface area contributed by atoms with Crippen molar-refractivity contribution in [3.05, 3.63) is 65.7 Å². The molecule has 0 saturated carbocycles. The number of ether oxygens (including phenoxy) is 4. The van der Waals surface area contributed by atoms with Crippen LogP contribution in [0.2, 0.25) is 0 Å². The number of hydrogen-bond acceptors (Lipinski definition) is 11. The molecule has 0 atom stereocenters. The number of anilines is 1. The number of para-hydroxylation sites is 1. The molecule has 1 amide bonds. The van der Waals surface area contributed by atoms with Crippen LogP contribution in [0.15, 0.2) is 65.0 Å². The minimum atomic E-state index is -3.63. The van der Waals surface area contributed by atoms with Gasteiger partial charge in [0.1, 0.15) is 0 Å². The monoisotopic (exact) mass is 628 g/mol. The van der Waals surface area contributed by atoms with Gasteiger partial charge < -0.3 is 18.9 Å². The third-order valence-electron chi connectivity index (χ3n) is 6.35. The van der Waals surface area contributed by atoms with E-state index in [-0.39, 0.29) is 4.90 Å². The summed E-state index contributed by atoms with van der Waals surface area (Å²) in [5.41, 5.74) is 3.84. The Morgan fingerprint density at radius 3 is 2.31 bits per heavy atom. The van der Waals surface area contributed by atoms with Crippen molar-refractivity contribution in [1.29, 1.82) is 0 Å². The molecule has 6 rings (SSSR count). The predicted molar refractivity (Wildman–Crippen MR) is 163 cm³/mol. The van der Waals surface area contributed by atoms with Crippen molar-refractivity contribution in [3.63, 3.8) is 0 Å². The number of amides is 1. The van der Waals surface area contributed by atoms with Crippen molar-refractivity contribution < 1.29 is 32.2 Å². The number of hydrogen-bond donors (Lipinski definition) is 1. The second-order valence-corrected chi connectivity index (χ2v) is 12.7. The van der Waals surface area contributed by atoms with Crippen molar-refractivity contribution >= 4 is 64.2 Å². The number of carbonyl (C=O) groups excluding carboxylic acids is 1. The summed E-state index contributed by atoms with van der Waals surface area (Å²) in [4.78, 5) is 21.6. The van der Waals surface area contributed by atoms with Crippen LogP contribution in [0.5, 0.6) is 17.2 Å². The molecule has 0 bridgehead atoms. The van der Waals surface area contributed by atoms with E-state index in [1.165, 1.54) is 59.9 Å². The average Bonchev–Trinajstić information content (AvgIpc) is 3.67. The molecule has 42 heavy (non-hydrogen) atoms. The van der Waals surface area contributed by atoms with Crippen LogP contribution in [0.1, 0.15) is 10.4 Å². The summed E-state index contributed by atoms with van der Waals surface area (Å²) in [5, 5.41) is 3.09. The molecule has 0 unspecified atom stereocenters. The van der Waals surface area contributed by atoms with Crippen molar-refractivity contribution in [1.82, 2.24) is 14.3 Å². The Kier molecular flexibility index (Phi) is 9.18. The van der Waals surface area contributed by atoms with Gasteiger partial charge in [0.15, 0.2) is 16.6 Å². The first-order valence-corrected chi connectivity index (χ1v) is 15.9. The van der Waals surface area contributed by atoms with E-state index < -0.39 is 15.9 Å². The molecule has 1 saturated heterocycles. The van der Waals surface area contributed by atoms with Crippen LogP contribution in [0.3, 0.4) is 0 Å². The maximum Gasteiger partial charge on any atom is 0.257 e. The van der Waals surface area contributed by atoms with Crippen molar-refractivity contribution in [2.24, 2.45) is 0 Å². The summed E-state index contributed by atoms with van der Waals surface area (Å²) in [6.45, 7) is 1.39. The van der Waals surface area contributed by atoms with Gasteiger partial charge in [-0.05, 0) is 42.5 Å². The lowest BCUT2D eigenvalue weighted by molar-refractivity contribution is 0.0730.